The second kappa shape index (κ2) is 6.08. The van der Waals surface area contributed by atoms with Crippen LogP contribution in [0.25, 0.3) is 0 Å². The first-order chi connectivity index (χ1) is 9.27. The van der Waals surface area contributed by atoms with Crippen molar-refractivity contribution in [2.24, 2.45) is 5.92 Å². The summed E-state index contributed by atoms with van der Waals surface area (Å²) in [5, 5.41) is 10.1. The molecule has 19 heavy (non-hydrogen) atoms. The topological polar surface area (TPSA) is 47.9 Å². The fourth-order valence-electron chi connectivity index (χ4n) is 3.64. The molecule has 1 aliphatic heterocycles. The van der Waals surface area contributed by atoms with Crippen molar-refractivity contribution >= 4 is 0 Å². The van der Waals surface area contributed by atoms with Gasteiger partial charge in [0, 0.05) is 19.4 Å². The van der Waals surface area contributed by atoms with E-state index in [0.29, 0.717) is 25.6 Å². The Hall–Kier alpha value is -0.160. The molecular formula is C15H26O4. The third-order valence-electron chi connectivity index (χ3n) is 4.85. The van der Waals surface area contributed by atoms with Crippen LogP contribution in [0.2, 0.25) is 0 Å². The summed E-state index contributed by atoms with van der Waals surface area (Å²) in [7, 11) is 0. The largest absolute Gasteiger partial charge is 0.390 e. The predicted molar refractivity (Wildman–Crippen MR) is 70.8 cm³/mol. The summed E-state index contributed by atoms with van der Waals surface area (Å²) in [5.41, 5.74) is 0. The molecule has 1 heterocycles. The minimum atomic E-state index is -0.462. The van der Waals surface area contributed by atoms with Gasteiger partial charge in [0.1, 0.15) is 0 Å². The van der Waals surface area contributed by atoms with Crippen molar-refractivity contribution in [3.8, 4) is 0 Å². The van der Waals surface area contributed by atoms with E-state index in [4.69, 9.17) is 14.2 Å². The quantitative estimate of drug-likeness (QED) is 0.854. The molecule has 0 aromatic rings. The number of aliphatic hydroxyl groups excluding tert-OH is 1. The maximum atomic E-state index is 10.1. The fraction of sp³-hybridized carbons (Fsp3) is 1.00. The second-order valence-corrected chi connectivity index (χ2v) is 6.29. The van der Waals surface area contributed by atoms with E-state index in [9.17, 15) is 5.11 Å². The molecule has 1 N–H and O–H groups in total. The lowest BCUT2D eigenvalue weighted by molar-refractivity contribution is -0.223. The zero-order valence-corrected chi connectivity index (χ0v) is 11.7. The highest BCUT2D eigenvalue weighted by Gasteiger charge is 2.45. The first-order valence-corrected chi connectivity index (χ1v) is 7.85. The van der Waals surface area contributed by atoms with Crippen LogP contribution in [0.3, 0.4) is 0 Å². The van der Waals surface area contributed by atoms with Crippen molar-refractivity contribution in [2.75, 3.05) is 19.8 Å². The van der Waals surface area contributed by atoms with Crippen LogP contribution in [0.15, 0.2) is 0 Å². The Bertz CT molecular complexity index is 282. The lowest BCUT2D eigenvalue weighted by Gasteiger charge is -2.39. The molecule has 4 nitrogen and oxygen atoms in total. The van der Waals surface area contributed by atoms with Crippen LogP contribution in [0.1, 0.15) is 51.4 Å². The molecule has 0 aromatic carbocycles. The molecule has 3 aliphatic rings. The Labute approximate surface area is 115 Å². The highest BCUT2D eigenvalue weighted by atomic mass is 16.7. The van der Waals surface area contributed by atoms with Gasteiger partial charge in [0.2, 0.25) is 0 Å². The summed E-state index contributed by atoms with van der Waals surface area (Å²) in [6, 6.07) is 0. The van der Waals surface area contributed by atoms with Crippen molar-refractivity contribution in [3.05, 3.63) is 0 Å². The molecule has 2 aliphatic carbocycles. The molecule has 1 saturated heterocycles. The molecule has 0 radical (unpaired) electrons. The van der Waals surface area contributed by atoms with E-state index in [1.807, 2.05) is 0 Å². The third kappa shape index (κ3) is 3.30. The van der Waals surface area contributed by atoms with Gasteiger partial charge in [-0.2, -0.15) is 0 Å². The lowest BCUT2D eigenvalue weighted by atomic mass is 9.88. The molecule has 2 saturated carbocycles. The van der Waals surface area contributed by atoms with Crippen LogP contribution in [0.4, 0.5) is 0 Å². The average Bonchev–Trinajstić information content (AvgIpc) is 2.90. The van der Waals surface area contributed by atoms with Gasteiger partial charge in [-0.25, -0.2) is 0 Å². The van der Waals surface area contributed by atoms with Crippen LogP contribution in [-0.4, -0.2) is 42.9 Å². The van der Waals surface area contributed by atoms with Gasteiger partial charge in [-0.05, 0) is 25.2 Å². The van der Waals surface area contributed by atoms with Crippen molar-refractivity contribution < 1.29 is 19.3 Å². The van der Waals surface area contributed by atoms with Gasteiger partial charge < -0.3 is 19.3 Å². The average molecular weight is 270 g/mol. The fourth-order valence-corrected chi connectivity index (χ4v) is 3.64. The van der Waals surface area contributed by atoms with E-state index in [1.54, 1.807) is 0 Å². The SMILES string of the molecule is OC1CCC2(CC1OCC1CCCCC1)OCCO2. The summed E-state index contributed by atoms with van der Waals surface area (Å²) < 4.78 is 17.5. The summed E-state index contributed by atoms with van der Waals surface area (Å²) in [6.07, 6.45) is 8.30. The minimum absolute atomic E-state index is 0.117. The predicted octanol–water partition coefficient (Wildman–Crippen LogP) is 2.24. The summed E-state index contributed by atoms with van der Waals surface area (Å²) >= 11 is 0. The third-order valence-corrected chi connectivity index (χ3v) is 4.85. The minimum Gasteiger partial charge on any atom is -0.390 e. The highest BCUT2D eigenvalue weighted by Crippen LogP contribution is 2.37. The molecule has 3 rings (SSSR count). The molecule has 3 fully saturated rings. The maximum absolute atomic E-state index is 10.1. The van der Waals surface area contributed by atoms with Gasteiger partial charge in [0.05, 0.1) is 25.4 Å². The number of rotatable bonds is 3. The number of aliphatic hydroxyl groups is 1. The van der Waals surface area contributed by atoms with Gasteiger partial charge >= 0.3 is 0 Å². The lowest BCUT2D eigenvalue weighted by Crippen LogP contribution is -2.47. The molecule has 110 valence electrons. The Morgan fingerprint density at radius 3 is 2.53 bits per heavy atom. The van der Waals surface area contributed by atoms with Gasteiger partial charge in [-0.3, -0.25) is 0 Å². The number of ether oxygens (including phenoxy) is 3. The van der Waals surface area contributed by atoms with Crippen molar-refractivity contribution in [3.63, 3.8) is 0 Å². The van der Waals surface area contributed by atoms with Crippen LogP contribution in [-0.2, 0) is 14.2 Å². The van der Waals surface area contributed by atoms with Crippen LogP contribution in [0.5, 0.6) is 0 Å². The van der Waals surface area contributed by atoms with E-state index in [0.717, 1.165) is 19.4 Å². The van der Waals surface area contributed by atoms with Crippen LogP contribution in [0, 0.1) is 5.92 Å². The highest BCUT2D eigenvalue weighted by molar-refractivity contribution is 4.89. The van der Waals surface area contributed by atoms with E-state index in [-0.39, 0.29) is 12.2 Å². The Morgan fingerprint density at radius 2 is 1.79 bits per heavy atom. The van der Waals surface area contributed by atoms with Crippen LogP contribution >= 0.6 is 0 Å². The van der Waals surface area contributed by atoms with E-state index in [2.05, 4.69) is 0 Å². The Morgan fingerprint density at radius 1 is 1.05 bits per heavy atom. The second-order valence-electron chi connectivity index (χ2n) is 6.29. The van der Waals surface area contributed by atoms with E-state index >= 15 is 0 Å². The van der Waals surface area contributed by atoms with Gasteiger partial charge in [-0.1, -0.05) is 19.3 Å². The Kier molecular flexibility index (Phi) is 4.42. The first kappa shape index (κ1) is 13.8. The normalized spacial score (nSPS) is 35.8. The summed E-state index contributed by atoms with van der Waals surface area (Å²) in [5.74, 6) is 0.223. The molecule has 4 heteroatoms. The molecule has 1 spiro atoms. The Balaban J connectivity index is 1.50. The van der Waals surface area contributed by atoms with Crippen molar-refractivity contribution in [1.82, 2.24) is 0 Å². The zero-order valence-electron chi connectivity index (χ0n) is 11.7. The number of hydrogen-bond donors (Lipinski definition) is 1. The monoisotopic (exact) mass is 270 g/mol. The van der Waals surface area contributed by atoms with Crippen LogP contribution < -0.4 is 0 Å². The summed E-state index contributed by atoms with van der Waals surface area (Å²) in [4.78, 5) is 0. The van der Waals surface area contributed by atoms with Crippen molar-refractivity contribution in [2.45, 2.75) is 69.4 Å². The van der Waals surface area contributed by atoms with Gasteiger partial charge in [0.15, 0.2) is 5.79 Å². The molecule has 2 atom stereocenters. The molecule has 0 bridgehead atoms. The standard InChI is InChI=1S/C15H26O4/c16-13-6-7-15(18-8-9-19-15)10-14(13)17-11-12-4-2-1-3-5-12/h12-14,16H,1-11H2. The first-order valence-electron chi connectivity index (χ1n) is 7.85. The smallest absolute Gasteiger partial charge is 0.171 e. The van der Waals surface area contributed by atoms with E-state index < -0.39 is 5.79 Å². The van der Waals surface area contributed by atoms with Gasteiger partial charge in [0.25, 0.3) is 0 Å². The van der Waals surface area contributed by atoms with Crippen molar-refractivity contribution in [1.29, 1.82) is 0 Å². The zero-order chi connectivity index (χ0) is 13.1. The molecular weight excluding hydrogens is 244 g/mol. The summed E-state index contributed by atoms with van der Waals surface area (Å²) in [6.45, 7) is 2.13. The molecule has 0 aromatic heterocycles. The molecule has 0 amide bonds. The van der Waals surface area contributed by atoms with Gasteiger partial charge in [-0.15, -0.1) is 0 Å². The molecule has 2 unspecified atom stereocenters. The number of hydrogen-bond acceptors (Lipinski definition) is 4. The maximum Gasteiger partial charge on any atom is 0.171 e. The van der Waals surface area contributed by atoms with E-state index in [1.165, 1.54) is 32.1 Å².